The highest BCUT2D eigenvalue weighted by Crippen LogP contribution is 2.27. The van der Waals surface area contributed by atoms with Gasteiger partial charge >= 0.3 is 5.97 Å². The van der Waals surface area contributed by atoms with E-state index in [2.05, 4.69) is 9.72 Å². The normalized spacial score (nSPS) is 11.0. The van der Waals surface area contributed by atoms with Crippen LogP contribution in [-0.2, 0) is 17.5 Å². The van der Waals surface area contributed by atoms with Crippen molar-refractivity contribution in [3.05, 3.63) is 46.9 Å². The van der Waals surface area contributed by atoms with Crippen molar-refractivity contribution in [2.75, 3.05) is 7.11 Å². The lowest BCUT2D eigenvalue weighted by atomic mass is 10.3. The van der Waals surface area contributed by atoms with E-state index in [0.717, 1.165) is 16.2 Å². The number of halogens is 1. The summed E-state index contributed by atoms with van der Waals surface area (Å²) in [4.78, 5) is 15.9. The molecule has 2 heterocycles. The van der Waals surface area contributed by atoms with Gasteiger partial charge in [-0.05, 0) is 30.3 Å². The van der Waals surface area contributed by atoms with Crippen LogP contribution in [0.3, 0.4) is 0 Å². The zero-order valence-electron chi connectivity index (χ0n) is 12.0. The number of imidazole rings is 1. The third kappa shape index (κ3) is 2.84. The average Bonchev–Trinajstić information content (AvgIpc) is 3.09. The third-order valence-electron chi connectivity index (χ3n) is 3.19. The van der Waals surface area contributed by atoms with Crippen molar-refractivity contribution in [3.63, 3.8) is 0 Å². The molecular formula is C15H13ClN2O3S. The second kappa shape index (κ2) is 6.06. The molecule has 0 aliphatic heterocycles. The molecule has 114 valence electrons. The number of thioether (sulfide) groups is 1. The van der Waals surface area contributed by atoms with E-state index < -0.39 is 5.97 Å². The molecule has 3 aromatic rings. The summed E-state index contributed by atoms with van der Waals surface area (Å²) in [5.41, 5.74) is 1.87. The fraction of sp³-hybridized carbons (Fsp3) is 0.200. The van der Waals surface area contributed by atoms with Crippen LogP contribution in [0.15, 0.2) is 39.9 Å². The van der Waals surface area contributed by atoms with Crippen molar-refractivity contribution in [3.8, 4) is 0 Å². The molecule has 3 rings (SSSR count). The minimum atomic E-state index is -0.478. The molecule has 22 heavy (non-hydrogen) atoms. The van der Waals surface area contributed by atoms with Gasteiger partial charge in [-0.15, -0.1) is 0 Å². The van der Waals surface area contributed by atoms with Crippen LogP contribution >= 0.6 is 23.4 Å². The summed E-state index contributed by atoms with van der Waals surface area (Å²) in [6.07, 6.45) is 0. The van der Waals surface area contributed by atoms with Gasteiger partial charge in [-0.25, -0.2) is 9.78 Å². The maximum absolute atomic E-state index is 11.4. The second-order valence-electron chi connectivity index (χ2n) is 4.63. The summed E-state index contributed by atoms with van der Waals surface area (Å²) in [7, 11) is 3.28. The summed E-state index contributed by atoms with van der Waals surface area (Å²) in [6.45, 7) is 0. The zero-order valence-corrected chi connectivity index (χ0v) is 13.6. The first-order valence-corrected chi connectivity index (χ1v) is 7.86. The quantitative estimate of drug-likeness (QED) is 0.534. The molecule has 0 spiro atoms. The molecule has 0 aliphatic carbocycles. The predicted octanol–water partition coefficient (Wildman–Crippen LogP) is 3.90. The van der Waals surface area contributed by atoms with Gasteiger partial charge in [0.15, 0.2) is 5.16 Å². The van der Waals surface area contributed by atoms with Crippen LogP contribution in [0.25, 0.3) is 11.0 Å². The van der Waals surface area contributed by atoms with Gasteiger partial charge in [-0.1, -0.05) is 23.4 Å². The Morgan fingerprint density at radius 1 is 1.41 bits per heavy atom. The van der Waals surface area contributed by atoms with Crippen LogP contribution in [0.5, 0.6) is 0 Å². The Morgan fingerprint density at radius 2 is 2.23 bits per heavy atom. The number of hydrogen-bond donors (Lipinski definition) is 0. The topological polar surface area (TPSA) is 57.3 Å². The van der Waals surface area contributed by atoms with E-state index >= 15 is 0 Å². The van der Waals surface area contributed by atoms with Crippen LogP contribution < -0.4 is 0 Å². The predicted molar refractivity (Wildman–Crippen MR) is 85.3 cm³/mol. The zero-order chi connectivity index (χ0) is 15.7. The number of benzene rings is 1. The lowest BCUT2D eigenvalue weighted by Crippen LogP contribution is -1.98. The third-order valence-corrected chi connectivity index (χ3v) is 4.48. The molecule has 0 amide bonds. The summed E-state index contributed by atoms with van der Waals surface area (Å²) in [6, 6.07) is 8.99. The summed E-state index contributed by atoms with van der Waals surface area (Å²) in [5, 5.41) is 1.52. The van der Waals surface area contributed by atoms with Gasteiger partial charge < -0.3 is 13.7 Å². The van der Waals surface area contributed by atoms with Crippen LogP contribution in [0.4, 0.5) is 0 Å². The molecule has 2 aromatic heterocycles. The summed E-state index contributed by atoms with van der Waals surface area (Å²) in [5.74, 6) is 0.987. The molecule has 0 radical (unpaired) electrons. The average molecular weight is 337 g/mol. The van der Waals surface area contributed by atoms with Gasteiger partial charge in [0.25, 0.3) is 0 Å². The van der Waals surface area contributed by atoms with Gasteiger partial charge in [0.2, 0.25) is 5.76 Å². The lowest BCUT2D eigenvalue weighted by Gasteiger charge is -2.00. The maximum atomic E-state index is 11.4. The Morgan fingerprint density at radius 3 is 3.00 bits per heavy atom. The first-order valence-electron chi connectivity index (χ1n) is 6.50. The molecule has 1 aromatic carbocycles. The highest BCUT2D eigenvalue weighted by Gasteiger charge is 2.13. The van der Waals surface area contributed by atoms with E-state index in [1.165, 1.54) is 18.9 Å². The molecule has 0 saturated carbocycles. The molecule has 5 nitrogen and oxygen atoms in total. The molecule has 0 saturated heterocycles. The molecule has 7 heteroatoms. The fourth-order valence-corrected chi connectivity index (χ4v) is 3.13. The highest BCUT2D eigenvalue weighted by atomic mass is 35.5. The molecule has 0 atom stereocenters. The highest BCUT2D eigenvalue weighted by molar-refractivity contribution is 7.98. The minimum Gasteiger partial charge on any atom is -0.463 e. The Hall–Kier alpha value is -1.92. The smallest absolute Gasteiger partial charge is 0.373 e. The number of aromatic nitrogens is 2. The fourth-order valence-electron chi connectivity index (χ4n) is 2.08. The van der Waals surface area contributed by atoms with E-state index in [-0.39, 0.29) is 5.76 Å². The van der Waals surface area contributed by atoms with Gasteiger partial charge in [-0.3, -0.25) is 0 Å². The van der Waals surface area contributed by atoms with Gasteiger partial charge in [0.05, 0.1) is 23.9 Å². The number of rotatable bonds is 4. The van der Waals surface area contributed by atoms with E-state index in [1.807, 2.05) is 29.8 Å². The standard InChI is InChI=1S/C15H13ClN2O3S/c1-18-12-5-3-9(16)7-11(12)17-15(18)22-8-10-4-6-13(21-10)14(19)20-2/h3-7H,8H2,1-2H3. The van der Waals surface area contributed by atoms with Gasteiger partial charge in [0.1, 0.15) is 5.76 Å². The van der Waals surface area contributed by atoms with Crippen molar-refractivity contribution in [2.24, 2.45) is 7.05 Å². The monoisotopic (exact) mass is 336 g/mol. The molecule has 0 unspecified atom stereocenters. The van der Waals surface area contributed by atoms with Crippen molar-refractivity contribution in [1.82, 2.24) is 9.55 Å². The molecule has 0 bridgehead atoms. The van der Waals surface area contributed by atoms with Crippen molar-refractivity contribution >= 4 is 40.4 Å². The number of carbonyl (C=O) groups is 1. The van der Waals surface area contributed by atoms with Crippen LogP contribution in [0.1, 0.15) is 16.3 Å². The lowest BCUT2D eigenvalue weighted by molar-refractivity contribution is 0.0563. The van der Waals surface area contributed by atoms with E-state index in [0.29, 0.717) is 16.5 Å². The van der Waals surface area contributed by atoms with E-state index in [9.17, 15) is 4.79 Å². The van der Waals surface area contributed by atoms with E-state index in [4.69, 9.17) is 16.0 Å². The van der Waals surface area contributed by atoms with Crippen LogP contribution in [0, 0.1) is 0 Å². The number of aryl methyl sites for hydroxylation is 1. The maximum Gasteiger partial charge on any atom is 0.373 e. The van der Waals surface area contributed by atoms with Gasteiger partial charge in [-0.2, -0.15) is 0 Å². The molecule has 0 N–H and O–H groups in total. The first-order chi connectivity index (χ1) is 10.6. The number of carbonyl (C=O) groups excluding carboxylic acids is 1. The molecular weight excluding hydrogens is 324 g/mol. The number of furan rings is 1. The van der Waals surface area contributed by atoms with Crippen molar-refractivity contribution in [2.45, 2.75) is 10.9 Å². The van der Waals surface area contributed by atoms with Crippen LogP contribution in [0.2, 0.25) is 5.02 Å². The second-order valence-corrected chi connectivity index (χ2v) is 6.01. The largest absolute Gasteiger partial charge is 0.463 e. The number of esters is 1. The first kappa shape index (κ1) is 15.0. The van der Waals surface area contributed by atoms with Crippen molar-refractivity contribution < 1.29 is 13.9 Å². The number of hydrogen-bond acceptors (Lipinski definition) is 5. The summed E-state index contributed by atoms with van der Waals surface area (Å²) >= 11 is 7.51. The number of nitrogens with zero attached hydrogens (tertiary/aromatic N) is 2. The van der Waals surface area contributed by atoms with Crippen molar-refractivity contribution in [1.29, 1.82) is 0 Å². The van der Waals surface area contributed by atoms with Crippen LogP contribution in [-0.4, -0.2) is 22.6 Å². The number of ether oxygens (including phenoxy) is 1. The summed E-state index contributed by atoms with van der Waals surface area (Å²) < 4.78 is 12.1. The SMILES string of the molecule is COC(=O)c1ccc(CSc2nc3cc(Cl)ccc3n2C)o1. The Labute approximate surface area is 136 Å². The molecule has 0 fully saturated rings. The minimum absolute atomic E-state index is 0.204. The molecule has 0 aliphatic rings. The Bertz CT molecular complexity index is 841. The Balaban J connectivity index is 1.77. The van der Waals surface area contributed by atoms with E-state index in [1.54, 1.807) is 12.1 Å². The Kier molecular flexibility index (Phi) is 4.13. The number of fused-ring (bicyclic) bond motifs is 1. The number of methoxy groups -OCH3 is 1. The van der Waals surface area contributed by atoms with Gasteiger partial charge in [0, 0.05) is 12.1 Å².